The molecule has 0 saturated carbocycles. The molecule has 3 rings (SSSR count). The highest BCUT2D eigenvalue weighted by molar-refractivity contribution is 5.95. The largest absolute Gasteiger partial charge is 0.484 e. The minimum atomic E-state index is -0.262. The Bertz CT molecular complexity index is 628. The Morgan fingerprint density at radius 1 is 1.18 bits per heavy atom. The summed E-state index contributed by atoms with van der Waals surface area (Å²) in [6.45, 7) is 6.22. The van der Waals surface area contributed by atoms with Crippen molar-refractivity contribution in [1.82, 2.24) is 4.90 Å². The van der Waals surface area contributed by atoms with E-state index < -0.39 is 0 Å². The van der Waals surface area contributed by atoms with Crippen LogP contribution in [0.5, 0.6) is 0 Å². The van der Waals surface area contributed by atoms with Crippen LogP contribution < -0.4 is 0 Å². The predicted octanol–water partition coefficient (Wildman–Crippen LogP) is 3.17. The lowest BCUT2D eigenvalue weighted by atomic mass is 9.85. The average Bonchev–Trinajstić information content (AvgIpc) is 2.81. The van der Waals surface area contributed by atoms with Gasteiger partial charge in [-0.25, -0.2) is 4.99 Å². The number of rotatable bonds is 1. The van der Waals surface area contributed by atoms with Crippen molar-refractivity contribution in [3.63, 3.8) is 0 Å². The van der Waals surface area contributed by atoms with Crippen molar-refractivity contribution >= 4 is 11.8 Å². The van der Waals surface area contributed by atoms with Gasteiger partial charge in [0.25, 0.3) is 0 Å². The summed E-state index contributed by atoms with van der Waals surface area (Å²) in [5.41, 5.74) is 0.861. The third-order valence-corrected chi connectivity index (χ3v) is 4.38. The summed E-state index contributed by atoms with van der Waals surface area (Å²) in [5.74, 6) is 0.523. The maximum atomic E-state index is 13.0. The first-order chi connectivity index (χ1) is 10.4. The van der Waals surface area contributed by atoms with Gasteiger partial charge in [-0.3, -0.25) is 4.79 Å². The summed E-state index contributed by atoms with van der Waals surface area (Å²) in [6, 6.07) is 10.1. The predicted molar refractivity (Wildman–Crippen MR) is 86.3 cm³/mol. The smallest absolute Gasteiger partial charge is 0.231 e. The molecule has 0 aromatic heterocycles. The topological polar surface area (TPSA) is 41.9 Å². The van der Waals surface area contributed by atoms with Gasteiger partial charge in [0.05, 0.1) is 25.0 Å². The molecule has 2 aliphatic heterocycles. The fraction of sp³-hybridized carbons (Fsp3) is 0.444. The van der Waals surface area contributed by atoms with Gasteiger partial charge in [0, 0.05) is 11.7 Å². The molecule has 1 amide bonds. The molecule has 22 heavy (non-hydrogen) atoms. The van der Waals surface area contributed by atoms with Gasteiger partial charge in [0.1, 0.15) is 0 Å². The van der Waals surface area contributed by atoms with Crippen LogP contribution in [0.3, 0.4) is 0 Å². The third-order valence-electron chi connectivity index (χ3n) is 4.38. The molecule has 0 aliphatic carbocycles. The van der Waals surface area contributed by atoms with Gasteiger partial charge in [-0.05, 0) is 26.3 Å². The van der Waals surface area contributed by atoms with E-state index in [0.29, 0.717) is 5.90 Å². The van der Waals surface area contributed by atoms with E-state index in [2.05, 4.69) is 37.9 Å². The zero-order valence-electron chi connectivity index (χ0n) is 13.5. The molecule has 0 N–H and O–H groups in total. The Labute approximate surface area is 131 Å². The number of carbonyl (C=O) groups is 1. The number of hydrogen-bond donors (Lipinski definition) is 0. The quantitative estimate of drug-likeness (QED) is 0.799. The van der Waals surface area contributed by atoms with E-state index in [-0.39, 0.29) is 29.3 Å². The summed E-state index contributed by atoms with van der Waals surface area (Å²) in [5, 5.41) is 0. The van der Waals surface area contributed by atoms with E-state index in [1.165, 1.54) is 0 Å². The molecule has 116 valence electrons. The number of carbonyl (C=O) groups excluding carboxylic acids is 1. The van der Waals surface area contributed by atoms with Crippen LogP contribution in [0.25, 0.3) is 0 Å². The van der Waals surface area contributed by atoms with Crippen LogP contribution in [0, 0.1) is 11.8 Å². The lowest BCUT2D eigenvalue weighted by Gasteiger charge is -2.38. The molecular weight excluding hydrogens is 276 g/mol. The van der Waals surface area contributed by atoms with E-state index in [0.717, 1.165) is 5.56 Å². The second kappa shape index (κ2) is 5.27. The van der Waals surface area contributed by atoms with E-state index in [4.69, 9.17) is 4.74 Å². The highest BCUT2D eigenvalue weighted by atomic mass is 16.5. The van der Waals surface area contributed by atoms with Crippen LogP contribution in [0.1, 0.15) is 32.4 Å². The zero-order chi connectivity index (χ0) is 15.9. The molecule has 1 saturated heterocycles. The molecule has 0 radical (unpaired) electrons. The van der Waals surface area contributed by atoms with E-state index in [1.54, 1.807) is 13.3 Å². The number of aliphatic imine (C=N–C) groups is 1. The van der Waals surface area contributed by atoms with E-state index in [9.17, 15) is 4.79 Å². The van der Waals surface area contributed by atoms with Gasteiger partial charge < -0.3 is 9.64 Å². The monoisotopic (exact) mass is 298 g/mol. The van der Waals surface area contributed by atoms with Crippen molar-refractivity contribution in [3.8, 4) is 0 Å². The number of hydrogen-bond acceptors (Lipinski definition) is 3. The van der Waals surface area contributed by atoms with Gasteiger partial charge in [-0.15, -0.1) is 0 Å². The molecule has 1 aromatic rings. The van der Waals surface area contributed by atoms with Crippen molar-refractivity contribution in [2.75, 3.05) is 7.11 Å². The van der Waals surface area contributed by atoms with Crippen LogP contribution in [0.4, 0.5) is 0 Å². The van der Waals surface area contributed by atoms with Gasteiger partial charge in [-0.1, -0.05) is 36.4 Å². The van der Waals surface area contributed by atoms with Crippen molar-refractivity contribution in [2.24, 2.45) is 16.8 Å². The molecule has 2 heterocycles. The molecule has 2 aliphatic rings. The van der Waals surface area contributed by atoms with Gasteiger partial charge in [0.2, 0.25) is 5.91 Å². The van der Waals surface area contributed by atoms with Crippen molar-refractivity contribution in [1.29, 1.82) is 0 Å². The highest BCUT2D eigenvalue weighted by Crippen LogP contribution is 2.47. The molecule has 4 nitrogen and oxygen atoms in total. The van der Waals surface area contributed by atoms with Crippen LogP contribution in [-0.2, 0) is 9.53 Å². The second-order valence-corrected chi connectivity index (χ2v) is 6.80. The minimum Gasteiger partial charge on any atom is -0.484 e. The molecule has 3 atom stereocenters. The van der Waals surface area contributed by atoms with E-state index in [1.807, 2.05) is 29.2 Å². The lowest BCUT2D eigenvalue weighted by Crippen LogP contribution is -2.44. The van der Waals surface area contributed by atoms with Crippen LogP contribution >= 0.6 is 0 Å². The summed E-state index contributed by atoms with van der Waals surface area (Å²) in [6.07, 6.45) is 3.59. The summed E-state index contributed by atoms with van der Waals surface area (Å²) in [7, 11) is 1.63. The first-order valence-corrected chi connectivity index (χ1v) is 7.61. The van der Waals surface area contributed by atoms with Crippen LogP contribution in [-0.4, -0.2) is 29.4 Å². The van der Waals surface area contributed by atoms with Gasteiger partial charge in [-0.2, -0.15) is 0 Å². The zero-order valence-corrected chi connectivity index (χ0v) is 13.5. The van der Waals surface area contributed by atoms with Crippen molar-refractivity contribution in [2.45, 2.75) is 32.4 Å². The molecule has 0 spiro atoms. The fourth-order valence-corrected chi connectivity index (χ4v) is 3.54. The number of nitrogens with zero attached hydrogens (tertiary/aromatic N) is 2. The number of methoxy groups -OCH3 is 1. The third kappa shape index (κ3) is 2.23. The Morgan fingerprint density at radius 2 is 1.86 bits per heavy atom. The first-order valence-electron chi connectivity index (χ1n) is 7.61. The SMILES string of the molecule is COC1=NC=C[C@H]2C(=O)N(C(C)(C)C)[C@H](c3ccccc3)[C@@H]12. The molecule has 0 unspecified atom stereocenters. The maximum Gasteiger partial charge on any atom is 0.231 e. The van der Waals surface area contributed by atoms with Crippen LogP contribution in [0.15, 0.2) is 47.6 Å². The van der Waals surface area contributed by atoms with Gasteiger partial charge >= 0.3 is 0 Å². The summed E-state index contributed by atoms with van der Waals surface area (Å²) < 4.78 is 5.49. The summed E-state index contributed by atoms with van der Waals surface area (Å²) >= 11 is 0. The fourth-order valence-electron chi connectivity index (χ4n) is 3.54. The minimum absolute atomic E-state index is 0.0534. The highest BCUT2D eigenvalue weighted by Gasteiger charge is 2.54. The van der Waals surface area contributed by atoms with Crippen LogP contribution in [0.2, 0.25) is 0 Å². The molecule has 0 bridgehead atoms. The number of ether oxygens (including phenoxy) is 1. The standard InChI is InChI=1S/C18H22N2O2/c1-18(2,3)20-15(12-8-6-5-7-9-12)14-13(17(20)21)10-11-19-16(14)22-4/h5-11,13-15H,1-4H3/t13-,14+,15-/m1/s1. The Balaban J connectivity index is 2.14. The number of benzene rings is 1. The Hall–Kier alpha value is -2.10. The van der Waals surface area contributed by atoms with Gasteiger partial charge in [0.15, 0.2) is 5.90 Å². The molecule has 4 heteroatoms. The van der Waals surface area contributed by atoms with Crippen molar-refractivity contribution < 1.29 is 9.53 Å². The Morgan fingerprint density at radius 3 is 2.45 bits per heavy atom. The summed E-state index contributed by atoms with van der Waals surface area (Å²) in [4.78, 5) is 19.3. The number of likely N-dealkylation sites (tertiary alicyclic amines) is 1. The molecular formula is C18H22N2O2. The second-order valence-electron chi connectivity index (χ2n) is 6.80. The average molecular weight is 298 g/mol. The lowest BCUT2D eigenvalue weighted by molar-refractivity contribution is -0.135. The molecule has 1 fully saturated rings. The number of fused-ring (bicyclic) bond motifs is 1. The number of amides is 1. The van der Waals surface area contributed by atoms with E-state index >= 15 is 0 Å². The molecule has 1 aromatic carbocycles. The normalized spacial score (nSPS) is 27.6. The maximum absolute atomic E-state index is 13.0. The first kappa shape index (κ1) is 14.8. The Kier molecular flexibility index (Phi) is 3.55. The van der Waals surface area contributed by atoms with Crippen molar-refractivity contribution in [3.05, 3.63) is 48.2 Å².